The van der Waals surface area contributed by atoms with E-state index in [1.165, 1.54) is 0 Å². The van der Waals surface area contributed by atoms with Gasteiger partial charge in [0.25, 0.3) is 5.91 Å². The van der Waals surface area contributed by atoms with Gasteiger partial charge in [-0.2, -0.15) is 0 Å². The fourth-order valence-electron chi connectivity index (χ4n) is 1.86. The third-order valence-electron chi connectivity index (χ3n) is 3.00. The molecular formula is C14H16ClN3O2. The van der Waals surface area contributed by atoms with Crippen LogP contribution in [-0.4, -0.2) is 29.1 Å². The third-order valence-corrected chi connectivity index (χ3v) is 3.25. The minimum absolute atomic E-state index is 0.225. The summed E-state index contributed by atoms with van der Waals surface area (Å²) >= 11 is 5.85. The topological polar surface area (TPSA) is 56.1 Å². The Balaban J connectivity index is 1.99. The number of ether oxygens (including phenoxy) is 1. The smallest absolute Gasteiger partial charge is 0.287 e. The van der Waals surface area contributed by atoms with Crippen LogP contribution in [0.25, 0.3) is 0 Å². The van der Waals surface area contributed by atoms with Gasteiger partial charge in [-0.05, 0) is 17.7 Å². The minimum atomic E-state index is -0.228. The van der Waals surface area contributed by atoms with Crippen LogP contribution in [-0.2, 0) is 11.8 Å². The van der Waals surface area contributed by atoms with Crippen LogP contribution in [0.1, 0.15) is 22.3 Å². The number of nitrogens with zero attached hydrogens (tertiary/aromatic N) is 2. The van der Waals surface area contributed by atoms with Crippen molar-refractivity contribution in [2.45, 2.75) is 6.10 Å². The molecule has 0 fully saturated rings. The van der Waals surface area contributed by atoms with Crippen molar-refractivity contribution in [3.05, 3.63) is 53.1 Å². The fourth-order valence-corrected chi connectivity index (χ4v) is 1.99. The first-order chi connectivity index (χ1) is 9.61. The van der Waals surface area contributed by atoms with Crippen molar-refractivity contribution in [2.24, 2.45) is 7.05 Å². The molecule has 0 radical (unpaired) electrons. The summed E-state index contributed by atoms with van der Waals surface area (Å²) in [4.78, 5) is 16.0. The van der Waals surface area contributed by atoms with Gasteiger partial charge in [0, 0.05) is 38.1 Å². The standard InChI is InChI=1S/C14H16ClN3O2/c1-18-8-7-16-13(18)14(19)17-9-12(20-2)10-3-5-11(15)6-4-10/h3-8,12H,9H2,1-2H3,(H,17,19)/t12-/m0/s1. The molecule has 20 heavy (non-hydrogen) atoms. The van der Waals surface area contributed by atoms with Crippen molar-refractivity contribution in [3.8, 4) is 0 Å². The molecule has 5 nitrogen and oxygen atoms in total. The second kappa shape index (κ2) is 6.54. The number of hydrogen-bond acceptors (Lipinski definition) is 3. The lowest BCUT2D eigenvalue weighted by Gasteiger charge is -2.16. The SMILES string of the molecule is CO[C@@H](CNC(=O)c1nccn1C)c1ccc(Cl)cc1. The Morgan fingerprint density at radius 3 is 2.70 bits per heavy atom. The third kappa shape index (κ3) is 3.37. The number of carbonyl (C=O) groups excluding carboxylic acids is 1. The molecule has 1 amide bonds. The molecule has 0 aliphatic heterocycles. The predicted octanol–water partition coefficient (Wildman–Crippen LogP) is 2.19. The van der Waals surface area contributed by atoms with E-state index in [9.17, 15) is 4.79 Å². The van der Waals surface area contributed by atoms with Gasteiger partial charge in [-0.3, -0.25) is 4.79 Å². The van der Waals surface area contributed by atoms with Crippen LogP contribution in [0.3, 0.4) is 0 Å². The summed E-state index contributed by atoms with van der Waals surface area (Å²) in [5.41, 5.74) is 0.956. The number of hydrogen-bond donors (Lipinski definition) is 1. The molecule has 0 unspecified atom stereocenters. The van der Waals surface area contributed by atoms with Crippen LogP contribution in [0.5, 0.6) is 0 Å². The average Bonchev–Trinajstić information content (AvgIpc) is 2.87. The van der Waals surface area contributed by atoms with Crippen molar-refractivity contribution in [2.75, 3.05) is 13.7 Å². The Labute approximate surface area is 122 Å². The Kier molecular flexibility index (Phi) is 4.76. The second-order valence-corrected chi connectivity index (χ2v) is 4.78. The Bertz CT molecular complexity index is 580. The molecule has 106 valence electrons. The van der Waals surface area contributed by atoms with Gasteiger partial charge in [0.1, 0.15) is 0 Å². The lowest BCUT2D eigenvalue weighted by atomic mass is 10.1. The Morgan fingerprint density at radius 2 is 2.15 bits per heavy atom. The maximum atomic E-state index is 12.0. The number of carbonyl (C=O) groups is 1. The van der Waals surface area contributed by atoms with Gasteiger partial charge in [0.2, 0.25) is 0 Å². The summed E-state index contributed by atoms with van der Waals surface area (Å²) in [7, 11) is 3.38. The number of imidazole rings is 1. The maximum Gasteiger partial charge on any atom is 0.287 e. The van der Waals surface area contributed by atoms with Crippen molar-refractivity contribution < 1.29 is 9.53 Å². The highest BCUT2D eigenvalue weighted by atomic mass is 35.5. The number of aromatic nitrogens is 2. The van der Waals surface area contributed by atoms with E-state index in [0.717, 1.165) is 5.56 Å². The highest BCUT2D eigenvalue weighted by molar-refractivity contribution is 6.30. The number of halogens is 1. The first kappa shape index (κ1) is 14.6. The van der Waals surface area contributed by atoms with E-state index in [0.29, 0.717) is 17.4 Å². The molecule has 2 rings (SSSR count). The van der Waals surface area contributed by atoms with Crippen LogP contribution >= 0.6 is 11.6 Å². The average molecular weight is 294 g/mol. The molecule has 0 aliphatic rings. The molecule has 0 saturated carbocycles. The van der Waals surface area contributed by atoms with E-state index in [1.807, 2.05) is 12.1 Å². The largest absolute Gasteiger partial charge is 0.375 e. The van der Waals surface area contributed by atoms with Crippen LogP contribution in [0.2, 0.25) is 5.02 Å². The van der Waals surface area contributed by atoms with Gasteiger partial charge in [-0.25, -0.2) is 4.98 Å². The van der Waals surface area contributed by atoms with E-state index in [1.54, 1.807) is 43.3 Å². The quantitative estimate of drug-likeness (QED) is 0.919. The summed E-state index contributed by atoms with van der Waals surface area (Å²) in [5, 5.41) is 3.48. The molecule has 0 bridgehead atoms. The van der Waals surface area contributed by atoms with Gasteiger partial charge in [0.05, 0.1) is 6.10 Å². The number of amides is 1. The molecule has 1 aromatic carbocycles. The first-order valence-corrected chi connectivity index (χ1v) is 6.53. The van der Waals surface area contributed by atoms with Crippen LogP contribution < -0.4 is 5.32 Å². The van der Waals surface area contributed by atoms with E-state index >= 15 is 0 Å². The van der Waals surface area contributed by atoms with Crippen molar-refractivity contribution in [3.63, 3.8) is 0 Å². The molecular weight excluding hydrogens is 278 g/mol. The molecule has 1 aromatic heterocycles. The molecule has 0 saturated heterocycles. The summed E-state index contributed by atoms with van der Waals surface area (Å²) in [6.45, 7) is 0.365. The van der Waals surface area contributed by atoms with E-state index in [-0.39, 0.29) is 12.0 Å². The number of rotatable bonds is 5. The second-order valence-electron chi connectivity index (χ2n) is 4.35. The zero-order valence-corrected chi connectivity index (χ0v) is 12.1. The summed E-state index contributed by atoms with van der Waals surface area (Å²) in [6.07, 6.45) is 3.08. The van der Waals surface area contributed by atoms with Gasteiger partial charge in [0.15, 0.2) is 5.82 Å². The van der Waals surface area contributed by atoms with Gasteiger partial charge in [-0.15, -0.1) is 0 Å². The zero-order chi connectivity index (χ0) is 14.5. The van der Waals surface area contributed by atoms with Crippen molar-refractivity contribution >= 4 is 17.5 Å². The number of aryl methyl sites for hydroxylation is 1. The number of nitrogens with one attached hydrogen (secondary N) is 1. The monoisotopic (exact) mass is 293 g/mol. The minimum Gasteiger partial charge on any atom is -0.375 e. The predicted molar refractivity (Wildman–Crippen MR) is 76.7 cm³/mol. The summed E-state index contributed by atoms with van der Waals surface area (Å²) < 4.78 is 7.06. The first-order valence-electron chi connectivity index (χ1n) is 6.15. The van der Waals surface area contributed by atoms with E-state index in [4.69, 9.17) is 16.3 Å². The molecule has 0 spiro atoms. The van der Waals surface area contributed by atoms with Gasteiger partial charge >= 0.3 is 0 Å². The zero-order valence-electron chi connectivity index (χ0n) is 11.3. The molecule has 1 N–H and O–H groups in total. The van der Waals surface area contributed by atoms with E-state index < -0.39 is 0 Å². The van der Waals surface area contributed by atoms with E-state index in [2.05, 4.69) is 10.3 Å². The highest BCUT2D eigenvalue weighted by Crippen LogP contribution is 2.18. The molecule has 1 heterocycles. The molecule has 2 aromatic rings. The molecule has 0 aliphatic carbocycles. The lowest BCUT2D eigenvalue weighted by molar-refractivity contribution is 0.0818. The Morgan fingerprint density at radius 1 is 1.45 bits per heavy atom. The van der Waals surface area contributed by atoms with Crippen molar-refractivity contribution in [1.82, 2.24) is 14.9 Å². The number of methoxy groups -OCH3 is 1. The van der Waals surface area contributed by atoms with Crippen LogP contribution in [0, 0.1) is 0 Å². The van der Waals surface area contributed by atoms with Crippen molar-refractivity contribution in [1.29, 1.82) is 0 Å². The lowest BCUT2D eigenvalue weighted by Crippen LogP contribution is -2.30. The van der Waals surface area contributed by atoms with Crippen LogP contribution in [0.15, 0.2) is 36.7 Å². The Hall–Kier alpha value is -1.85. The summed E-state index contributed by atoms with van der Waals surface area (Å²) in [6, 6.07) is 7.35. The highest BCUT2D eigenvalue weighted by Gasteiger charge is 2.15. The molecule has 6 heteroatoms. The number of benzene rings is 1. The normalized spacial score (nSPS) is 12.2. The molecule has 1 atom stereocenters. The van der Waals surface area contributed by atoms with Gasteiger partial charge < -0.3 is 14.6 Å². The summed E-state index contributed by atoms with van der Waals surface area (Å²) in [5.74, 6) is 0.143. The van der Waals surface area contributed by atoms with Gasteiger partial charge in [-0.1, -0.05) is 23.7 Å². The maximum absolute atomic E-state index is 12.0. The fraction of sp³-hybridized carbons (Fsp3) is 0.286. The van der Waals surface area contributed by atoms with Crippen LogP contribution in [0.4, 0.5) is 0 Å².